The number of fused-ring (bicyclic) bond motifs is 5. The van der Waals surface area contributed by atoms with Crippen LogP contribution in [0.25, 0.3) is 0 Å². The highest BCUT2D eigenvalue weighted by atomic mass is 28.4. The van der Waals surface area contributed by atoms with Gasteiger partial charge >= 0.3 is 6.09 Å². The van der Waals surface area contributed by atoms with Crippen molar-refractivity contribution >= 4 is 31.9 Å². The summed E-state index contributed by atoms with van der Waals surface area (Å²) in [5, 5.41) is -0.0619. The fraction of sp³-hybridized carbons (Fsp3) is 0.545. The second-order valence-corrected chi connectivity index (χ2v) is 19.3. The van der Waals surface area contributed by atoms with Crippen LogP contribution in [0.1, 0.15) is 59.1 Å². The quantitative estimate of drug-likeness (QED) is 0.416. The number of carbonyl (C=O) groups excluding carboxylic acids is 3. The molecule has 0 radical (unpaired) electrons. The average Bonchev–Trinajstić information content (AvgIpc) is 3.41. The Labute approximate surface area is 256 Å². The van der Waals surface area contributed by atoms with E-state index in [4.69, 9.17) is 13.9 Å². The van der Waals surface area contributed by atoms with Crippen molar-refractivity contribution in [2.45, 2.75) is 95.4 Å². The van der Waals surface area contributed by atoms with E-state index in [0.29, 0.717) is 17.9 Å². The second-order valence-electron chi connectivity index (χ2n) is 14.4. The van der Waals surface area contributed by atoms with Crippen LogP contribution in [-0.2, 0) is 24.2 Å². The highest BCUT2D eigenvalue weighted by molar-refractivity contribution is 6.74. The number of anilines is 1. The molecule has 0 aliphatic carbocycles. The van der Waals surface area contributed by atoms with E-state index in [-0.39, 0.29) is 23.5 Å². The molecule has 0 bridgehead atoms. The molecule has 10 heteroatoms. The fourth-order valence-electron chi connectivity index (χ4n) is 6.42. The zero-order valence-corrected chi connectivity index (χ0v) is 28.1. The van der Waals surface area contributed by atoms with E-state index < -0.39 is 43.7 Å². The van der Waals surface area contributed by atoms with Gasteiger partial charge in [-0.3, -0.25) is 14.5 Å². The predicted molar refractivity (Wildman–Crippen MR) is 168 cm³/mol. The Hall–Kier alpha value is -3.37. The third kappa shape index (κ3) is 4.92. The Balaban J connectivity index is 1.66. The number of piperazine rings is 1. The molecule has 3 amide bonds. The minimum atomic E-state index is -2.22. The zero-order valence-electron chi connectivity index (χ0n) is 27.1. The number of hydrogen-bond acceptors (Lipinski definition) is 6. The van der Waals surface area contributed by atoms with E-state index in [2.05, 4.69) is 33.9 Å². The molecule has 2 saturated heterocycles. The average molecular weight is 608 g/mol. The third-order valence-corrected chi connectivity index (χ3v) is 14.2. The molecule has 2 fully saturated rings. The summed E-state index contributed by atoms with van der Waals surface area (Å²) in [6.45, 7) is 16.3. The number of nitrogens with zero attached hydrogens (tertiary/aromatic N) is 3. The Bertz CT molecular complexity index is 1430. The van der Waals surface area contributed by atoms with Crippen molar-refractivity contribution in [1.29, 1.82) is 0 Å². The van der Waals surface area contributed by atoms with Crippen molar-refractivity contribution in [3.05, 3.63) is 59.7 Å². The SMILES string of the molecule is COc1ccc([C@]23C[C@H]4C(=O)N(C)[C@H](CO[Si](C)(C)C(C)(C)C)C(=O)N4[C@H]2N(C(=O)OC(C)(C)C)c2ccccc23)cc1. The molecule has 4 atom stereocenters. The molecule has 0 spiro atoms. The van der Waals surface area contributed by atoms with E-state index in [1.54, 1.807) is 28.9 Å². The van der Waals surface area contributed by atoms with Gasteiger partial charge in [0, 0.05) is 7.05 Å². The lowest BCUT2D eigenvalue weighted by Gasteiger charge is -2.46. The van der Waals surface area contributed by atoms with E-state index >= 15 is 0 Å². The lowest BCUT2D eigenvalue weighted by atomic mass is 9.72. The van der Waals surface area contributed by atoms with Gasteiger partial charge in [0.05, 0.1) is 24.8 Å². The van der Waals surface area contributed by atoms with Gasteiger partial charge in [0.1, 0.15) is 29.6 Å². The molecule has 0 unspecified atom stereocenters. The van der Waals surface area contributed by atoms with Crippen LogP contribution in [0.15, 0.2) is 48.5 Å². The Morgan fingerprint density at radius 2 is 1.60 bits per heavy atom. The molecule has 3 heterocycles. The number of methoxy groups -OCH3 is 1. The topological polar surface area (TPSA) is 88.6 Å². The molecule has 0 N–H and O–H groups in total. The minimum absolute atomic E-state index is 0.0619. The van der Waals surface area contributed by atoms with Crippen LogP contribution in [0, 0.1) is 0 Å². The second kappa shape index (κ2) is 10.4. The van der Waals surface area contributed by atoms with Gasteiger partial charge in [0.2, 0.25) is 11.8 Å². The van der Waals surface area contributed by atoms with Crippen molar-refractivity contribution < 1.29 is 28.3 Å². The van der Waals surface area contributed by atoms with Gasteiger partial charge in [-0.1, -0.05) is 51.1 Å². The maximum absolute atomic E-state index is 14.6. The summed E-state index contributed by atoms with van der Waals surface area (Å²) in [4.78, 5) is 47.6. The molecular weight excluding hydrogens is 562 g/mol. The maximum Gasteiger partial charge on any atom is 0.416 e. The van der Waals surface area contributed by atoms with Gasteiger partial charge in [-0.15, -0.1) is 0 Å². The van der Waals surface area contributed by atoms with Gasteiger partial charge in [-0.05, 0) is 74.7 Å². The van der Waals surface area contributed by atoms with E-state index in [9.17, 15) is 14.4 Å². The number of rotatable bonds is 5. The highest BCUT2D eigenvalue weighted by Crippen LogP contribution is 2.59. The predicted octanol–water partition coefficient (Wildman–Crippen LogP) is 5.53. The monoisotopic (exact) mass is 607 g/mol. The molecule has 3 aliphatic heterocycles. The summed E-state index contributed by atoms with van der Waals surface area (Å²) < 4.78 is 17.9. The van der Waals surface area contributed by atoms with Crippen LogP contribution in [0.5, 0.6) is 5.75 Å². The Morgan fingerprint density at radius 3 is 2.19 bits per heavy atom. The van der Waals surface area contributed by atoms with Crippen LogP contribution in [-0.4, -0.2) is 80.6 Å². The van der Waals surface area contributed by atoms with Gasteiger partial charge in [0.25, 0.3) is 0 Å². The highest BCUT2D eigenvalue weighted by Gasteiger charge is 2.68. The van der Waals surface area contributed by atoms with Crippen LogP contribution < -0.4 is 9.64 Å². The molecule has 3 aliphatic rings. The summed E-state index contributed by atoms with van der Waals surface area (Å²) in [6.07, 6.45) is -1.04. The lowest BCUT2D eigenvalue weighted by Crippen LogP contribution is -2.67. The third-order valence-electron chi connectivity index (χ3n) is 9.69. The Morgan fingerprint density at radius 1 is 0.977 bits per heavy atom. The van der Waals surface area contributed by atoms with Crippen LogP contribution in [0.4, 0.5) is 10.5 Å². The molecule has 5 rings (SSSR count). The molecule has 43 heavy (non-hydrogen) atoms. The largest absolute Gasteiger partial charge is 0.497 e. The molecule has 9 nitrogen and oxygen atoms in total. The number of benzene rings is 2. The minimum Gasteiger partial charge on any atom is -0.497 e. The van der Waals surface area contributed by atoms with Gasteiger partial charge in [-0.2, -0.15) is 0 Å². The number of carbonyl (C=O) groups is 3. The number of ether oxygens (including phenoxy) is 2. The van der Waals surface area contributed by atoms with E-state index in [1.807, 2.05) is 69.3 Å². The van der Waals surface area contributed by atoms with Crippen molar-refractivity contribution in [3.8, 4) is 5.75 Å². The molecular formula is C33H45N3O6Si. The Kier molecular flexibility index (Phi) is 7.49. The summed E-state index contributed by atoms with van der Waals surface area (Å²) in [7, 11) is 1.08. The standard InChI is InChI=1S/C33H45N3O6Si/c1-31(2,3)42-30(39)36-24-14-12-11-13-23(24)33(21-15-17-22(40-8)18-16-21)19-25-27(37)34(7)26(28(38)35(25)29(33)36)20-41-43(9,10)32(4,5)6/h11-18,25-26,29H,19-20H2,1-10H3/t25-,26+,29-,33-/m0/s1. The number of likely N-dealkylation sites (N-methyl/N-ethyl adjacent to an activating group) is 1. The molecule has 2 aromatic carbocycles. The summed E-state index contributed by atoms with van der Waals surface area (Å²) in [6, 6.07) is 13.8. The number of amides is 3. The number of hydrogen-bond donors (Lipinski definition) is 0. The molecule has 2 aromatic rings. The summed E-state index contributed by atoms with van der Waals surface area (Å²) >= 11 is 0. The van der Waals surface area contributed by atoms with Gasteiger partial charge in [-0.25, -0.2) is 4.79 Å². The maximum atomic E-state index is 14.6. The van der Waals surface area contributed by atoms with Crippen molar-refractivity contribution in [2.75, 3.05) is 25.7 Å². The normalized spacial score (nSPS) is 25.4. The smallest absolute Gasteiger partial charge is 0.416 e. The first-order valence-electron chi connectivity index (χ1n) is 14.9. The van der Waals surface area contributed by atoms with Crippen molar-refractivity contribution in [1.82, 2.24) is 9.80 Å². The van der Waals surface area contributed by atoms with Crippen LogP contribution in [0.2, 0.25) is 18.1 Å². The zero-order chi connectivity index (χ0) is 31.7. The van der Waals surface area contributed by atoms with Gasteiger partial charge < -0.3 is 23.7 Å². The van der Waals surface area contributed by atoms with Gasteiger partial charge in [0.15, 0.2) is 8.32 Å². The molecule has 232 valence electrons. The van der Waals surface area contributed by atoms with Crippen molar-refractivity contribution in [2.24, 2.45) is 0 Å². The van der Waals surface area contributed by atoms with E-state index in [1.165, 1.54) is 0 Å². The first-order valence-corrected chi connectivity index (χ1v) is 17.8. The molecule has 0 saturated carbocycles. The van der Waals surface area contributed by atoms with Crippen molar-refractivity contribution in [3.63, 3.8) is 0 Å². The van der Waals surface area contributed by atoms with Crippen LogP contribution in [0.3, 0.4) is 0 Å². The lowest BCUT2D eigenvalue weighted by molar-refractivity contribution is -0.161. The summed E-state index contributed by atoms with van der Waals surface area (Å²) in [5.41, 5.74) is 0.804. The van der Waals surface area contributed by atoms with E-state index in [0.717, 1.165) is 11.1 Å². The molecule has 0 aromatic heterocycles. The van der Waals surface area contributed by atoms with Crippen LogP contribution >= 0.6 is 0 Å². The first kappa shape index (κ1) is 31.1. The fourth-order valence-corrected chi connectivity index (χ4v) is 7.42. The summed E-state index contributed by atoms with van der Waals surface area (Å²) in [5.74, 6) is 0.303. The first-order chi connectivity index (χ1) is 19.9. The number of para-hydroxylation sites is 1.